The summed E-state index contributed by atoms with van der Waals surface area (Å²) in [5.74, 6) is 1.63. The highest BCUT2D eigenvalue weighted by molar-refractivity contribution is 5.95. The highest BCUT2D eigenvalue weighted by atomic mass is 16.5. The fourth-order valence-electron chi connectivity index (χ4n) is 4.86. The smallest absolute Gasteiger partial charge is 0.228 e. The van der Waals surface area contributed by atoms with E-state index in [1.165, 1.54) is 6.26 Å². The molecule has 0 aliphatic heterocycles. The van der Waals surface area contributed by atoms with E-state index in [1.54, 1.807) is 23.9 Å². The molecule has 4 aromatic heterocycles. The van der Waals surface area contributed by atoms with Gasteiger partial charge in [0.2, 0.25) is 5.88 Å². The van der Waals surface area contributed by atoms with Crippen LogP contribution in [0.2, 0.25) is 0 Å². The van der Waals surface area contributed by atoms with E-state index in [4.69, 9.17) is 19.3 Å². The van der Waals surface area contributed by atoms with Crippen LogP contribution in [0.1, 0.15) is 0 Å². The second-order valence-corrected chi connectivity index (χ2v) is 8.96. The van der Waals surface area contributed by atoms with Gasteiger partial charge in [0.15, 0.2) is 11.5 Å². The zero-order chi connectivity index (χ0) is 26.2. The molecule has 0 unspecified atom stereocenters. The number of anilines is 2. The van der Waals surface area contributed by atoms with Gasteiger partial charge in [0.25, 0.3) is 0 Å². The molecule has 1 N–H and O–H groups in total. The summed E-state index contributed by atoms with van der Waals surface area (Å²) in [5.41, 5.74) is 6.86. The SMILES string of the molecule is COc1c(-c2ccc3ncccc3c2)c(Nc2ccon2)nc2c(-c3ccccc3)c(-c3ccccc3)nn12. The molecule has 0 amide bonds. The molecule has 0 radical (unpaired) electrons. The van der Waals surface area contributed by atoms with Gasteiger partial charge in [0, 0.05) is 23.2 Å². The maximum atomic E-state index is 6.09. The predicted octanol–water partition coefficient (Wildman–Crippen LogP) is 7.02. The van der Waals surface area contributed by atoms with Crippen LogP contribution in [0.3, 0.4) is 0 Å². The van der Waals surface area contributed by atoms with Crippen molar-refractivity contribution in [3.05, 3.63) is 110 Å². The van der Waals surface area contributed by atoms with Crippen LogP contribution in [-0.4, -0.2) is 31.8 Å². The van der Waals surface area contributed by atoms with E-state index in [0.29, 0.717) is 23.2 Å². The van der Waals surface area contributed by atoms with Crippen molar-refractivity contribution < 1.29 is 9.26 Å². The molecule has 0 bridgehead atoms. The van der Waals surface area contributed by atoms with Gasteiger partial charge in [-0.2, -0.15) is 9.61 Å². The number of rotatable bonds is 6. The summed E-state index contributed by atoms with van der Waals surface area (Å²) in [5, 5.41) is 13.5. The van der Waals surface area contributed by atoms with Gasteiger partial charge in [0.1, 0.15) is 17.8 Å². The maximum absolute atomic E-state index is 6.09. The zero-order valence-corrected chi connectivity index (χ0v) is 20.9. The molecular formula is C31H22N6O2. The molecule has 0 saturated carbocycles. The number of fused-ring (bicyclic) bond motifs is 2. The van der Waals surface area contributed by atoms with Crippen LogP contribution in [0.15, 0.2) is 114 Å². The van der Waals surface area contributed by atoms with Gasteiger partial charge >= 0.3 is 0 Å². The first-order valence-corrected chi connectivity index (χ1v) is 12.4. The average Bonchev–Trinajstić information content (AvgIpc) is 3.65. The van der Waals surface area contributed by atoms with Crippen molar-refractivity contribution in [2.45, 2.75) is 0 Å². The van der Waals surface area contributed by atoms with Crippen LogP contribution in [0.4, 0.5) is 11.6 Å². The van der Waals surface area contributed by atoms with Crippen LogP contribution in [0, 0.1) is 0 Å². The van der Waals surface area contributed by atoms with E-state index < -0.39 is 0 Å². The first-order valence-electron chi connectivity index (χ1n) is 12.4. The predicted molar refractivity (Wildman–Crippen MR) is 151 cm³/mol. The first-order chi connectivity index (χ1) is 19.3. The molecule has 188 valence electrons. The molecule has 0 aliphatic rings. The second kappa shape index (κ2) is 9.42. The third kappa shape index (κ3) is 3.95. The Balaban J connectivity index is 1.57. The van der Waals surface area contributed by atoms with Crippen molar-refractivity contribution in [2.75, 3.05) is 12.4 Å². The molecule has 0 saturated heterocycles. The Morgan fingerprint density at radius 2 is 1.59 bits per heavy atom. The zero-order valence-electron chi connectivity index (χ0n) is 20.9. The van der Waals surface area contributed by atoms with Gasteiger partial charge in [-0.3, -0.25) is 4.98 Å². The maximum Gasteiger partial charge on any atom is 0.228 e. The molecular weight excluding hydrogens is 488 g/mol. The molecule has 7 rings (SSSR count). The van der Waals surface area contributed by atoms with Crippen molar-refractivity contribution in [2.24, 2.45) is 0 Å². The van der Waals surface area contributed by atoms with Gasteiger partial charge < -0.3 is 14.6 Å². The number of benzene rings is 3. The summed E-state index contributed by atoms with van der Waals surface area (Å²) < 4.78 is 13.0. The molecule has 4 heterocycles. The molecule has 8 nitrogen and oxygen atoms in total. The molecule has 0 fully saturated rings. The van der Waals surface area contributed by atoms with Crippen molar-refractivity contribution >= 4 is 28.2 Å². The Morgan fingerprint density at radius 1 is 0.795 bits per heavy atom. The minimum atomic E-state index is 0.529. The van der Waals surface area contributed by atoms with Crippen LogP contribution in [0.25, 0.3) is 50.1 Å². The third-order valence-electron chi connectivity index (χ3n) is 6.60. The molecule has 0 spiro atoms. The van der Waals surface area contributed by atoms with Crippen LogP contribution in [0.5, 0.6) is 5.88 Å². The lowest BCUT2D eigenvalue weighted by molar-refractivity contribution is 0.387. The van der Waals surface area contributed by atoms with Gasteiger partial charge in [-0.1, -0.05) is 78.0 Å². The Kier molecular flexibility index (Phi) is 5.48. The first kappa shape index (κ1) is 22.7. The van der Waals surface area contributed by atoms with E-state index in [9.17, 15) is 0 Å². The summed E-state index contributed by atoms with van der Waals surface area (Å²) in [6.45, 7) is 0. The average molecular weight is 511 g/mol. The number of nitrogens with one attached hydrogen (secondary N) is 1. The van der Waals surface area contributed by atoms with E-state index in [2.05, 4.69) is 33.7 Å². The summed E-state index contributed by atoms with van der Waals surface area (Å²) in [6, 6.07) is 32.0. The molecule has 7 aromatic rings. The number of pyridine rings is 1. The number of hydrogen-bond donors (Lipinski definition) is 1. The van der Waals surface area contributed by atoms with Crippen molar-refractivity contribution in [3.63, 3.8) is 0 Å². The minimum absolute atomic E-state index is 0.529. The second-order valence-electron chi connectivity index (χ2n) is 8.96. The molecule has 3 aromatic carbocycles. The topological polar surface area (TPSA) is 90.4 Å². The van der Waals surface area contributed by atoms with Crippen LogP contribution in [-0.2, 0) is 0 Å². The minimum Gasteiger partial charge on any atom is -0.480 e. The Hall–Kier alpha value is -5.50. The van der Waals surface area contributed by atoms with Gasteiger partial charge in [-0.05, 0) is 29.3 Å². The Morgan fingerprint density at radius 3 is 2.33 bits per heavy atom. The lowest BCUT2D eigenvalue weighted by Crippen LogP contribution is -2.06. The van der Waals surface area contributed by atoms with Crippen molar-refractivity contribution in [1.82, 2.24) is 24.7 Å². The molecule has 0 atom stereocenters. The Bertz CT molecular complexity index is 1920. The summed E-state index contributed by atoms with van der Waals surface area (Å²) >= 11 is 0. The quantitative estimate of drug-likeness (QED) is 0.257. The number of nitrogens with zero attached hydrogens (tertiary/aromatic N) is 5. The normalized spacial score (nSPS) is 11.2. The number of methoxy groups -OCH3 is 1. The lowest BCUT2D eigenvalue weighted by Gasteiger charge is -2.16. The molecule has 0 aliphatic carbocycles. The highest BCUT2D eigenvalue weighted by Crippen LogP contribution is 2.43. The van der Waals surface area contributed by atoms with Gasteiger partial charge in [0.05, 0.1) is 23.8 Å². The molecule has 39 heavy (non-hydrogen) atoms. The monoisotopic (exact) mass is 510 g/mol. The fraction of sp³-hybridized carbons (Fsp3) is 0.0323. The van der Waals surface area contributed by atoms with E-state index in [0.717, 1.165) is 44.4 Å². The van der Waals surface area contributed by atoms with E-state index >= 15 is 0 Å². The Labute approximate surface area is 223 Å². The van der Waals surface area contributed by atoms with Gasteiger partial charge in [-0.15, -0.1) is 0 Å². The number of aromatic nitrogens is 5. The summed E-state index contributed by atoms with van der Waals surface area (Å²) in [6.07, 6.45) is 3.30. The van der Waals surface area contributed by atoms with Crippen LogP contribution >= 0.6 is 0 Å². The van der Waals surface area contributed by atoms with Crippen molar-refractivity contribution in [1.29, 1.82) is 0 Å². The van der Waals surface area contributed by atoms with E-state index in [-0.39, 0.29) is 0 Å². The molecule has 8 heteroatoms. The summed E-state index contributed by atoms with van der Waals surface area (Å²) in [4.78, 5) is 9.62. The van der Waals surface area contributed by atoms with E-state index in [1.807, 2.05) is 72.8 Å². The highest BCUT2D eigenvalue weighted by Gasteiger charge is 2.26. The van der Waals surface area contributed by atoms with Gasteiger partial charge in [-0.25, -0.2) is 4.98 Å². The van der Waals surface area contributed by atoms with Crippen molar-refractivity contribution in [3.8, 4) is 39.4 Å². The standard InChI is InChI=1S/C31H22N6O2/c1-38-31-27(23-14-15-24-22(19-23)13-8-17-32-24)29(33-25-16-18-39-36-25)34-30-26(20-9-4-2-5-10-20)28(35-37(30)31)21-11-6-3-7-12-21/h2-19H,1H3,(H,33,34,36). The summed E-state index contributed by atoms with van der Waals surface area (Å²) in [7, 11) is 1.65. The van der Waals surface area contributed by atoms with Crippen LogP contribution < -0.4 is 10.1 Å². The number of ether oxygens (including phenoxy) is 1. The fourth-order valence-corrected chi connectivity index (χ4v) is 4.86. The lowest BCUT2D eigenvalue weighted by atomic mass is 10.0. The number of hydrogen-bond acceptors (Lipinski definition) is 7. The largest absolute Gasteiger partial charge is 0.480 e. The third-order valence-corrected chi connectivity index (χ3v) is 6.60.